The number of ketones is 1. The van der Waals surface area contributed by atoms with Gasteiger partial charge in [0.2, 0.25) is 0 Å². The third-order valence-corrected chi connectivity index (χ3v) is 4.68. The lowest BCUT2D eigenvalue weighted by Gasteiger charge is -2.38. The van der Waals surface area contributed by atoms with Crippen LogP contribution in [0.4, 0.5) is 10.1 Å². The molecule has 2 N–H and O–H groups in total. The normalized spacial score (nSPS) is 17.9. The minimum atomic E-state index is -1.19. The number of benzene rings is 2. The minimum absolute atomic E-state index is 0.0268. The maximum atomic E-state index is 14.6. The van der Waals surface area contributed by atoms with Gasteiger partial charge in [-0.25, -0.2) is 4.39 Å². The quantitative estimate of drug-likeness (QED) is 0.648. The molecule has 3 rings (SSSR count). The lowest BCUT2D eigenvalue weighted by atomic mass is 10.0. The van der Waals surface area contributed by atoms with Gasteiger partial charge in [0.25, 0.3) is 0 Å². The van der Waals surface area contributed by atoms with Crippen molar-refractivity contribution in [3.63, 3.8) is 0 Å². The number of carbonyl (C=O) groups is 1. The second kappa shape index (κ2) is 8.23. The van der Waals surface area contributed by atoms with Gasteiger partial charge in [-0.05, 0) is 12.1 Å². The Morgan fingerprint density at radius 1 is 0.960 bits per heavy atom. The fourth-order valence-electron chi connectivity index (χ4n) is 3.18. The molecule has 1 fully saturated rings. The summed E-state index contributed by atoms with van der Waals surface area (Å²) < 4.78 is 14.6. The van der Waals surface area contributed by atoms with E-state index in [1.165, 1.54) is 0 Å². The Morgan fingerprint density at radius 3 is 2.12 bits per heavy atom. The molecule has 1 aliphatic heterocycles. The minimum Gasteiger partial charge on any atom is -0.369 e. The molecule has 0 saturated carbocycles. The van der Waals surface area contributed by atoms with E-state index < -0.39 is 12.3 Å². The zero-order valence-corrected chi connectivity index (χ0v) is 14.2. The number of para-hydroxylation sites is 1. The van der Waals surface area contributed by atoms with Crippen molar-refractivity contribution < 1.29 is 9.18 Å². The van der Waals surface area contributed by atoms with Gasteiger partial charge in [-0.3, -0.25) is 9.69 Å². The van der Waals surface area contributed by atoms with Crippen LogP contribution >= 0.6 is 0 Å². The Hall–Kier alpha value is -2.24. The smallest absolute Gasteiger partial charge is 0.179 e. The van der Waals surface area contributed by atoms with E-state index in [0.717, 1.165) is 18.8 Å². The molecular weight excluding hydrogens is 317 g/mol. The van der Waals surface area contributed by atoms with Crippen LogP contribution in [0.5, 0.6) is 0 Å². The van der Waals surface area contributed by atoms with Gasteiger partial charge in [-0.2, -0.15) is 0 Å². The first-order valence-electron chi connectivity index (χ1n) is 8.68. The van der Waals surface area contributed by atoms with Crippen LogP contribution in [-0.2, 0) is 0 Å². The Kier molecular flexibility index (Phi) is 5.79. The summed E-state index contributed by atoms with van der Waals surface area (Å²) in [5.74, 6) is -0.203. The number of piperazine rings is 1. The molecular formula is C20H24FN3O. The van der Waals surface area contributed by atoms with Crippen LogP contribution in [0.3, 0.4) is 0 Å². The molecule has 0 aromatic heterocycles. The summed E-state index contributed by atoms with van der Waals surface area (Å²) in [5, 5.41) is 0. The van der Waals surface area contributed by atoms with Crippen LogP contribution in [0.25, 0.3) is 0 Å². The van der Waals surface area contributed by atoms with E-state index in [-0.39, 0.29) is 12.2 Å². The first kappa shape index (κ1) is 17.6. The molecule has 2 atom stereocenters. The fraction of sp³-hybridized carbons (Fsp3) is 0.350. The number of alkyl halides is 1. The lowest BCUT2D eigenvalue weighted by Crippen LogP contribution is -2.51. The van der Waals surface area contributed by atoms with E-state index in [9.17, 15) is 9.18 Å². The highest BCUT2D eigenvalue weighted by atomic mass is 19.1. The van der Waals surface area contributed by atoms with Gasteiger partial charge in [0.05, 0.1) is 6.04 Å². The predicted molar refractivity (Wildman–Crippen MR) is 98.5 cm³/mol. The number of hydrogen-bond donors (Lipinski definition) is 1. The lowest BCUT2D eigenvalue weighted by molar-refractivity contribution is 0.0592. The van der Waals surface area contributed by atoms with Crippen molar-refractivity contribution >= 4 is 11.5 Å². The number of nitrogens with two attached hydrogens (primary N) is 1. The van der Waals surface area contributed by atoms with Gasteiger partial charge in [0.15, 0.2) is 12.1 Å². The van der Waals surface area contributed by atoms with Gasteiger partial charge in [0, 0.05) is 43.9 Å². The number of halogens is 1. The van der Waals surface area contributed by atoms with Gasteiger partial charge in [-0.1, -0.05) is 48.5 Å². The average Bonchev–Trinajstić information content (AvgIpc) is 2.68. The third-order valence-electron chi connectivity index (χ3n) is 4.68. The molecule has 2 aromatic rings. The van der Waals surface area contributed by atoms with Crippen LogP contribution in [0.2, 0.25) is 0 Å². The molecule has 0 spiro atoms. The Bertz CT molecular complexity index is 672. The first-order chi connectivity index (χ1) is 12.1. The fourth-order valence-corrected chi connectivity index (χ4v) is 3.18. The topological polar surface area (TPSA) is 49.6 Å². The number of hydrogen-bond acceptors (Lipinski definition) is 4. The van der Waals surface area contributed by atoms with Crippen LogP contribution in [-0.4, -0.2) is 49.2 Å². The van der Waals surface area contributed by atoms with Crippen LogP contribution < -0.4 is 10.6 Å². The molecule has 4 nitrogen and oxygen atoms in total. The van der Waals surface area contributed by atoms with Crippen molar-refractivity contribution in [1.29, 1.82) is 0 Å². The summed E-state index contributed by atoms with van der Waals surface area (Å²) in [4.78, 5) is 16.3. The molecule has 0 radical (unpaired) electrons. The van der Waals surface area contributed by atoms with Crippen molar-refractivity contribution in [2.24, 2.45) is 5.73 Å². The second-order valence-electron chi connectivity index (χ2n) is 6.37. The number of anilines is 1. The number of Topliss-reactive ketones (excluding diaryl/α,β-unsaturated/α-hetero) is 1. The molecule has 0 aliphatic carbocycles. The van der Waals surface area contributed by atoms with Gasteiger partial charge in [0.1, 0.15) is 0 Å². The highest BCUT2D eigenvalue weighted by Gasteiger charge is 2.27. The second-order valence-corrected chi connectivity index (χ2v) is 6.37. The van der Waals surface area contributed by atoms with Crippen molar-refractivity contribution in [2.75, 3.05) is 31.1 Å². The monoisotopic (exact) mass is 341 g/mol. The molecule has 2 aromatic carbocycles. The molecule has 2 unspecified atom stereocenters. The van der Waals surface area contributed by atoms with E-state index in [4.69, 9.17) is 5.73 Å². The predicted octanol–water partition coefficient (Wildman–Crippen LogP) is 2.70. The summed E-state index contributed by atoms with van der Waals surface area (Å²) in [7, 11) is 0. The third kappa shape index (κ3) is 4.44. The van der Waals surface area contributed by atoms with Crippen LogP contribution in [0.15, 0.2) is 60.7 Å². The molecule has 0 bridgehead atoms. The maximum absolute atomic E-state index is 14.6. The Labute approximate surface area is 148 Å². The van der Waals surface area contributed by atoms with E-state index >= 15 is 0 Å². The van der Waals surface area contributed by atoms with E-state index in [2.05, 4.69) is 17.0 Å². The molecule has 1 heterocycles. The number of carbonyl (C=O) groups excluding carboxylic acids is 1. The van der Waals surface area contributed by atoms with E-state index in [1.54, 1.807) is 29.2 Å². The summed E-state index contributed by atoms with van der Waals surface area (Å²) in [6.07, 6.45) is -1.17. The summed E-state index contributed by atoms with van der Waals surface area (Å²) in [5.41, 5.74) is 7.65. The Morgan fingerprint density at radius 2 is 1.52 bits per heavy atom. The van der Waals surface area contributed by atoms with Gasteiger partial charge < -0.3 is 10.6 Å². The standard InChI is InChI=1S/C20H24FN3O/c21-19(15-18(22)20(25)16-7-3-1-4-8-16)24-13-11-23(12-14-24)17-9-5-2-6-10-17/h1-10,18-19H,11-15,22H2. The first-order valence-corrected chi connectivity index (χ1v) is 8.68. The van der Waals surface area contributed by atoms with Crippen molar-refractivity contribution in [2.45, 2.75) is 18.8 Å². The largest absolute Gasteiger partial charge is 0.369 e. The highest BCUT2D eigenvalue weighted by Crippen LogP contribution is 2.19. The molecule has 1 aliphatic rings. The molecule has 132 valence electrons. The van der Waals surface area contributed by atoms with Gasteiger partial charge in [-0.15, -0.1) is 0 Å². The number of nitrogens with zero attached hydrogens (tertiary/aromatic N) is 2. The molecule has 1 saturated heterocycles. The Balaban J connectivity index is 1.51. The SMILES string of the molecule is NC(CC(F)N1CCN(c2ccccc2)CC1)C(=O)c1ccccc1. The van der Waals surface area contributed by atoms with Crippen LogP contribution in [0.1, 0.15) is 16.8 Å². The summed E-state index contributed by atoms with van der Waals surface area (Å²) >= 11 is 0. The number of rotatable bonds is 6. The zero-order valence-electron chi connectivity index (χ0n) is 14.2. The van der Waals surface area contributed by atoms with Crippen LogP contribution in [0, 0.1) is 0 Å². The summed E-state index contributed by atoms with van der Waals surface area (Å²) in [6, 6.07) is 18.2. The maximum Gasteiger partial charge on any atom is 0.179 e. The van der Waals surface area contributed by atoms with E-state index in [0.29, 0.717) is 18.7 Å². The van der Waals surface area contributed by atoms with Crippen molar-refractivity contribution in [1.82, 2.24) is 4.90 Å². The molecule has 5 heteroatoms. The zero-order chi connectivity index (χ0) is 17.6. The van der Waals surface area contributed by atoms with Gasteiger partial charge >= 0.3 is 0 Å². The average molecular weight is 341 g/mol. The summed E-state index contributed by atoms with van der Waals surface area (Å²) in [6.45, 7) is 2.79. The van der Waals surface area contributed by atoms with Crippen molar-refractivity contribution in [3.05, 3.63) is 66.2 Å². The van der Waals surface area contributed by atoms with Crippen molar-refractivity contribution in [3.8, 4) is 0 Å². The molecule has 25 heavy (non-hydrogen) atoms. The molecule has 0 amide bonds. The highest BCUT2D eigenvalue weighted by molar-refractivity contribution is 5.99. The van der Waals surface area contributed by atoms with E-state index in [1.807, 2.05) is 24.3 Å².